The number of aryl methyl sites for hydroxylation is 1. The van der Waals surface area contributed by atoms with Gasteiger partial charge in [0, 0.05) is 26.2 Å². The van der Waals surface area contributed by atoms with Crippen LogP contribution < -0.4 is 5.32 Å². The zero-order valence-electron chi connectivity index (χ0n) is 17.1. The highest BCUT2D eigenvalue weighted by Gasteiger charge is 2.22. The van der Waals surface area contributed by atoms with Crippen molar-refractivity contribution in [2.24, 2.45) is 7.05 Å². The molecule has 156 valence electrons. The number of anilines is 1. The number of carbonyl (C=O) groups excluding carboxylic acids is 2. The lowest BCUT2D eigenvalue weighted by Crippen LogP contribution is -2.30. The van der Waals surface area contributed by atoms with Gasteiger partial charge < -0.3 is 14.6 Å². The van der Waals surface area contributed by atoms with E-state index in [-0.39, 0.29) is 17.4 Å². The number of nitrogens with zero attached hydrogens (tertiary/aromatic N) is 3. The van der Waals surface area contributed by atoms with Gasteiger partial charge in [0.1, 0.15) is 5.82 Å². The van der Waals surface area contributed by atoms with Gasteiger partial charge in [-0.3, -0.25) is 14.3 Å². The van der Waals surface area contributed by atoms with Gasteiger partial charge in [0.15, 0.2) is 11.5 Å². The molecule has 0 bridgehead atoms. The Hall–Kier alpha value is -4.13. The number of carbonyl (C=O) groups is 2. The predicted octanol–water partition coefficient (Wildman–Crippen LogP) is 4.11. The summed E-state index contributed by atoms with van der Waals surface area (Å²) in [6.07, 6.45) is 1.43. The Labute approximate surface area is 179 Å². The molecule has 0 aliphatic rings. The van der Waals surface area contributed by atoms with Gasteiger partial charge in [0.05, 0.1) is 6.26 Å². The maximum atomic E-state index is 13.4. The fourth-order valence-electron chi connectivity index (χ4n) is 3.24. The average molecular weight is 414 g/mol. The van der Waals surface area contributed by atoms with Crippen molar-refractivity contribution in [1.82, 2.24) is 14.7 Å². The summed E-state index contributed by atoms with van der Waals surface area (Å²) in [6, 6.07) is 24.4. The first-order valence-electron chi connectivity index (χ1n) is 9.86. The summed E-state index contributed by atoms with van der Waals surface area (Å²) in [7, 11) is 1.67. The molecule has 2 heterocycles. The highest BCUT2D eigenvalue weighted by atomic mass is 16.3. The van der Waals surface area contributed by atoms with E-state index in [1.54, 1.807) is 30.1 Å². The number of aromatic nitrogens is 2. The van der Waals surface area contributed by atoms with Crippen LogP contribution in [0.1, 0.15) is 32.2 Å². The van der Waals surface area contributed by atoms with Crippen LogP contribution in [-0.4, -0.2) is 26.5 Å². The van der Waals surface area contributed by atoms with Crippen molar-refractivity contribution in [3.63, 3.8) is 0 Å². The molecule has 0 saturated heterocycles. The van der Waals surface area contributed by atoms with Gasteiger partial charge in [-0.05, 0) is 23.3 Å². The summed E-state index contributed by atoms with van der Waals surface area (Å²) in [5.74, 6) is -0.0350. The Morgan fingerprint density at radius 1 is 0.935 bits per heavy atom. The molecule has 0 fully saturated rings. The minimum Gasteiger partial charge on any atom is -0.459 e. The number of hydrogen-bond acceptors (Lipinski definition) is 4. The summed E-state index contributed by atoms with van der Waals surface area (Å²) >= 11 is 0. The van der Waals surface area contributed by atoms with E-state index in [4.69, 9.17) is 4.42 Å². The molecule has 2 aromatic carbocycles. The average Bonchev–Trinajstić information content (AvgIpc) is 3.45. The van der Waals surface area contributed by atoms with Crippen molar-refractivity contribution < 1.29 is 14.0 Å². The molecule has 0 saturated carbocycles. The topological polar surface area (TPSA) is 80.4 Å². The second kappa shape index (κ2) is 9.13. The van der Waals surface area contributed by atoms with Crippen molar-refractivity contribution in [1.29, 1.82) is 0 Å². The lowest BCUT2D eigenvalue weighted by Gasteiger charge is -2.22. The van der Waals surface area contributed by atoms with E-state index < -0.39 is 5.91 Å². The number of amides is 2. The van der Waals surface area contributed by atoms with Gasteiger partial charge in [0.25, 0.3) is 11.8 Å². The second-order valence-corrected chi connectivity index (χ2v) is 7.10. The first-order chi connectivity index (χ1) is 15.1. The minimum atomic E-state index is -0.405. The second-order valence-electron chi connectivity index (χ2n) is 7.10. The first-order valence-corrected chi connectivity index (χ1v) is 9.86. The van der Waals surface area contributed by atoms with Gasteiger partial charge in [-0.1, -0.05) is 60.7 Å². The lowest BCUT2D eigenvalue weighted by atomic mass is 10.1. The molecule has 1 N–H and O–H groups in total. The minimum absolute atomic E-state index is 0.184. The van der Waals surface area contributed by atoms with Crippen molar-refractivity contribution in [3.8, 4) is 0 Å². The monoisotopic (exact) mass is 414 g/mol. The lowest BCUT2D eigenvalue weighted by molar-refractivity contribution is 0.0723. The fourth-order valence-corrected chi connectivity index (χ4v) is 3.24. The normalized spacial score (nSPS) is 10.6. The van der Waals surface area contributed by atoms with Crippen LogP contribution >= 0.6 is 0 Å². The summed E-state index contributed by atoms with van der Waals surface area (Å²) in [4.78, 5) is 27.4. The van der Waals surface area contributed by atoms with E-state index in [1.807, 2.05) is 60.7 Å². The fraction of sp³-hybridized carbons (Fsp3) is 0.125. The molecule has 7 heteroatoms. The first kappa shape index (κ1) is 20.2. The molecule has 2 aromatic heterocycles. The van der Waals surface area contributed by atoms with Crippen LogP contribution in [0.4, 0.5) is 5.82 Å². The van der Waals surface area contributed by atoms with Crippen LogP contribution in [0.2, 0.25) is 0 Å². The third-order valence-electron chi connectivity index (χ3n) is 4.81. The van der Waals surface area contributed by atoms with Gasteiger partial charge >= 0.3 is 0 Å². The van der Waals surface area contributed by atoms with Crippen LogP contribution in [-0.2, 0) is 20.1 Å². The van der Waals surface area contributed by atoms with Gasteiger partial charge in [0.2, 0.25) is 0 Å². The zero-order valence-corrected chi connectivity index (χ0v) is 17.1. The Morgan fingerprint density at radius 3 is 2.10 bits per heavy atom. The largest absolute Gasteiger partial charge is 0.459 e. The third-order valence-corrected chi connectivity index (χ3v) is 4.81. The molecule has 4 aromatic rings. The van der Waals surface area contributed by atoms with E-state index in [0.29, 0.717) is 18.9 Å². The molecule has 0 aliphatic carbocycles. The molecule has 0 atom stereocenters. The summed E-state index contributed by atoms with van der Waals surface area (Å²) in [6.45, 7) is 0.887. The van der Waals surface area contributed by atoms with Crippen molar-refractivity contribution in [3.05, 3.63) is 108 Å². The smallest absolute Gasteiger partial charge is 0.292 e. The van der Waals surface area contributed by atoms with Crippen LogP contribution in [0, 0.1) is 0 Å². The quantitative estimate of drug-likeness (QED) is 0.494. The number of rotatable bonds is 7. The van der Waals surface area contributed by atoms with Crippen molar-refractivity contribution in [2.45, 2.75) is 13.1 Å². The standard InChI is InChI=1S/C24H22N4O3/c1-27-22(25-23(29)21-13-8-14-31-21)15-20(26-27)24(30)28(16-18-9-4-2-5-10-18)17-19-11-6-3-7-12-19/h2-15H,16-17H2,1H3,(H,25,29). The maximum absolute atomic E-state index is 13.4. The molecular weight excluding hydrogens is 392 g/mol. The van der Waals surface area contributed by atoms with Crippen molar-refractivity contribution >= 4 is 17.6 Å². The maximum Gasteiger partial charge on any atom is 0.292 e. The molecule has 0 aliphatic heterocycles. The van der Waals surface area contributed by atoms with E-state index >= 15 is 0 Å². The van der Waals surface area contributed by atoms with Crippen LogP contribution in [0.15, 0.2) is 89.5 Å². The van der Waals surface area contributed by atoms with E-state index in [2.05, 4.69) is 10.4 Å². The SMILES string of the molecule is Cn1nc(C(=O)N(Cc2ccccc2)Cc2ccccc2)cc1NC(=O)c1ccco1. The van der Waals surface area contributed by atoms with Crippen LogP contribution in [0.3, 0.4) is 0 Å². The van der Waals surface area contributed by atoms with Gasteiger partial charge in [-0.2, -0.15) is 5.10 Å². The highest BCUT2D eigenvalue weighted by molar-refractivity contribution is 6.02. The highest BCUT2D eigenvalue weighted by Crippen LogP contribution is 2.17. The van der Waals surface area contributed by atoms with Crippen LogP contribution in [0.5, 0.6) is 0 Å². The Morgan fingerprint density at radius 2 is 1.55 bits per heavy atom. The van der Waals surface area contributed by atoms with Gasteiger partial charge in [-0.15, -0.1) is 0 Å². The molecule has 0 unspecified atom stereocenters. The summed E-state index contributed by atoms with van der Waals surface area (Å²) < 4.78 is 6.59. The molecule has 2 amide bonds. The Balaban J connectivity index is 1.56. The number of benzene rings is 2. The third kappa shape index (κ3) is 4.90. The molecule has 0 radical (unpaired) electrons. The molecule has 0 spiro atoms. The molecule has 4 rings (SSSR count). The molecule has 7 nitrogen and oxygen atoms in total. The predicted molar refractivity (Wildman–Crippen MR) is 116 cm³/mol. The number of nitrogens with one attached hydrogen (secondary N) is 1. The van der Waals surface area contributed by atoms with E-state index in [1.165, 1.54) is 10.9 Å². The summed E-state index contributed by atoms with van der Waals surface area (Å²) in [5.41, 5.74) is 2.30. The Kier molecular flexibility index (Phi) is 5.93. The van der Waals surface area contributed by atoms with Crippen LogP contribution in [0.25, 0.3) is 0 Å². The molecule has 31 heavy (non-hydrogen) atoms. The van der Waals surface area contributed by atoms with Crippen molar-refractivity contribution in [2.75, 3.05) is 5.32 Å². The van der Waals surface area contributed by atoms with E-state index in [0.717, 1.165) is 11.1 Å². The number of hydrogen-bond donors (Lipinski definition) is 1. The molecular formula is C24H22N4O3. The van der Waals surface area contributed by atoms with Gasteiger partial charge in [-0.25, -0.2) is 0 Å². The zero-order chi connectivity index (χ0) is 21.6. The Bertz CT molecular complexity index is 1110. The van der Waals surface area contributed by atoms with E-state index in [9.17, 15) is 9.59 Å². The summed E-state index contributed by atoms with van der Waals surface area (Å²) in [5, 5.41) is 7.05. The number of furan rings is 1.